The molecule has 0 aliphatic heterocycles. The summed E-state index contributed by atoms with van der Waals surface area (Å²) in [6, 6.07) is 0. The highest BCUT2D eigenvalue weighted by molar-refractivity contribution is 7.09. The standard InChI is InChI=1S/C11H18N2S/c1-2-4-10(5-3-1)6-12-7-11-8-13-9-14-11/h8-10,12H,1-7H2. The lowest BCUT2D eigenvalue weighted by molar-refractivity contribution is 0.342. The highest BCUT2D eigenvalue weighted by Gasteiger charge is 2.12. The van der Waals surface area contributed by atoms with E-state index < -0.39 is 0 Å². The molecule has 0 spiro atoms. The van der Waals surface area contributed by atoms with E-state index in [0.717, 1.165) is 12.5 Å². The largest absolute Gasteiger partial charge is 0.312 e. The van der Waals surface area contributed by atoms with Crippen LogP contribution in [0.5, 0.6) is 0 Å². The van der Waals surface area contributed by atoms with Crippen LogP contribution in [-0.2, 0) is 6.54 Å². The highest BCUT2D eigenvalue weighted by atomic mass is 32.1. The van der Waals surface area contributed by atoms with E-state index in [-0.39, 0.29) is 0 Å². The van der Waals surface area contributed by atoms with Crippen molar-refractivity contribution in [1.29, 1.82) is 0 Å². The van der Waals surface area contributed by atoms with Crippen molar-refractivity contribution in [3.8, 4) is 0 Å². The molecule has 2 nitrogen and oxygen atoms in total. The van der Waals surface area contributed by atoms with Gasteiger partial charge < -0.3 is 5.32 Å². The first-order valence-corrected chi connectivity index (χ1v) is 6.41. The van der Waals surface area contributed by atoms with Gasteiger partial charge in [-0.05, 0) is 25.3 Å². The summed E-state index contributed by atoms with van der Waals surface area (Å²) < 4.78 is 0. The number of aromatic nitrogens is 1. The molecule has 1 saturated carbocycles. The maximum Gasteiger partial charge on any atom is 0.0794 e. The van der Waals surface area contributed by atoms with Gasteiger partial charge in [-0.3, -0.25) is 4.98 Å². The maximum absolute atomic E-state index is 4.07. The maximum atomic E-state index is 4.07. The lowest BCUT2D eigenvalue weighted by Crippen LogP contribution is -2.23. The fourth-order valence-corrected chi connectivity index (χ4v) is 2.68. The van der Waals surface area contributed by atoms with Gasteiger partial charge >= 0.3 is 0 Å². The minimum Gasteiger partial charge on any atom is -0.312 e. The molecule has 0 amide bonds. The third kappa shape index (κ3) is 3.07. The average Bonchev–Trinajstić information content (AvgIpc) is 2.72. The van der Waals surface area contributed by atoms with Crippen LogP contribution in [0.15, 0.2) is 11.7 Å². The second-order valence-electron chi connectivity index (χ2n) is 4.10. The van der Waals surface area contributed by atoms with Gasteiger partial charge in [-0.25, -0.2) is 0 Å². The van der Waals surface area contributed by atoms with Crippen molar-refractivity contribution in [3.05, 3.63) is 16.6 Å². The Kier molecular flexibility index (Phi) is 3.95. The molecule has 0 unspecified atom stereocenters. The zero-order valence-corrected chi connectivity index (χ0v) is 9.35. The zero-order chi connectivity index (χ0) is 9.64. The summed E-state index contributed by atoms with van der Waals surface area (Å²) in [7, 11) is 0. The normalized spacial score (nSPS) is 18.6. The van der Waals surface area contributed by atoms with Crippen LogP contribution >= 0.6 is 11.3 Å². The summed E-state index contributed by atoms with van der Waals surface area (Å²) in [5, 5.41) is 3.53. The molecule has 1 aromatic rings. The summed E-state index contributed by atoms with van der Waals surface area (Å²) in [4.78, 5) is 5.41. The van der Waals surface area contributed by atoms with Gasteiger partial charge in [-0.1, -0.05) is 19.3 Å². The van der Waals surface area contributed by atoms with E-state index in [1.54, 1.807) is 11.3 Å². The molecule has 3 heteroatoms. The van der Waals surface area contributed by atoms with Crippen molar-refractivity contribution in [1.82, 2.24) is 10.3 Å². The van der Waals surface area contributed by atoms with Crippen LogP contribution in [-0.4, -0.2) is 11.5 Å². The van der Waals surface area contributed by atoms with Gasteiger partial charge in [0.25, 0.3) is 0 Å². The topological polar surface area (TPSA) is 24.9 Å². The molecule has 0 atom stereocenters. The monoisotopic (exact) mass is 210 g/mol. The number of nitrogens with zero attached hydrogens (tertiary/aromatic N) is 1. The van der Waals surface area contributed by atoms with E-state index in [4.69, 9.17) is 0 Å². The molecule has 2 rings (SSSR count). The van der Waals surface area contributed by atoms with Crippen LogP contribution in [0, 0.1) is 5.92 Å². The number of hydrogen-bond acceptors (Lipinski definition) is 3. The first-order valence-electron chi connectivity index (χ1n) is 5.53. The summed E-state index contributed by atoms with van der Waals surface area (Å²) in [6.07, 6.45) is 9.13. The Balaban J connectivity index is 1.62. The summed E-state index contributed by atoms with van der Waals surface area (Å²) in [5.41, 5.74) is 1.90. The van der Waals surface area contributed by atoms with Gasteiger partial charge in [0.1, 0.15) is 0 Å². The first-order chi connectivity index (χ1) is 6.95. The van der Waals surface area contributed by atoms with E-state index in [0.29, 0.717) is 0 Å². The zero-order valence-electron chi connectivity index (χ0n) is 8.54. The summed E-state index contributed by atoms with van der Waals surface area (Å²) >= 11 is 1.74. The van der Waals surface area contributed by atoms with Crippen molar-refractivity contribution in [2.75, 3.05) is 6.54 Å². The molecule has 1 N–H and O–H groups in total. The van der Waals surface area contributed by atoms with E-state index in [1.165, 1.54) is 43.5 Å². The SMILES string of the molecule is c1ncc(CNCC2CCCCC2)s1. The van der Waals surface area contributed by atoms with Crippen molar-refractivity contribution in [2.24, 2.45) is 5.92 Å². The lowest BCUT2D eigenvalue weighted by atomic mass is 9.89. The molecule has 0 bridgehead atoms. The van der Waals surface area contributed by atoms with Crippen LogP contribution in [0.25, 0.3) is 0 Å². The Labute approximate surface area is 89.8 Å². The lowest BCUT2D eigenvalue weighted by Gasteiger charge is -2.21. The predicted octanol–water partition coefficient (Wildman–Crippen LogP) is 2.81. The fourth-order valence-electron chi connectivity index (χ4n) is 2.12. The Morgan fingerprint density at radius 2 is 2.21 bits per heavy atom. The predicted molar refractivity (Wildman–Crippen MR) is 60.4 cm³/mol. The van der Waals surface area contributed by atoms with Crippen molar-refractivity contribution in [3.63, 3.8) is 0 Å². The number of rotatable bonds is 4. The molecule has 0 saturated heterocycles. The quantitative estimate of drug-likeness (QED) is 0.826. The molecule has 14 heavy (non-hydrogen) atoms. The van der Waals surface area contributed by atoms with E-state index in [1.807, 2.05) is 11.7 Å². The molecule has 78 valence electrons. The Bertz CT molecular complexity index is 240. The van der Waals surface area contributed by atoms with Gasteiger partial charge in [0.2, 0.25) is 0 Å². The average molecular weight is 210 g/mol. The first kappa shape index (κ1) is 10.1. The molecule has 1 aromatic heterocycles. The highest BCUT2D eigenvalue weighted by Crippen LogP contribution is 2.22. The van der Waals surface area contributed by atoms with Crippen molar-refractivity contribution in [2.45, 2.75) is 38.6 Å². The van der Waals surface area contributed by atoms with Crippen LogP contribution in [0.2, 0.25) is 0 Å². The van der Waals surface area contributed by atoms with E-state index in [9.17, 15) is 0 Å². The van der Waals surface area contributed by atoms with Gasteiger partial charge in [-0.15, -0.1) is 11.3 Å². The molecular formula is C11H18N2S. The molecular weight excluding hydrogens is 192 g/mol. The van der Waals surface area contributed by atoms with Crippen molar-refractivity contribution >= 4 is 11.3 Å². The minimum atomic E-state index is 0.927. The van der Waals surface area contributed by atoms with Gasteiger partial charge in [0, 0.05) is 17.6 Å². The third-order valence-corrected chi connectivity index (χ3v) is 3.72. The van der Waals surface area contributed by atoms with E-state index >= 15 is 0 Å². The van der Waals surface area contributed by atoms with Crippen molar-refractivity contribution < 1.29 is 0 Å². The number of nitrogens with one attached hydrogen (secondary N) is 1. The summed E-state index contributed by atoms with van der Waals surface area (Å²) in [5.74, 6) is 0.927. The van der Waals surface area contributed by atoms with Crippen LogP contribution in [0.3, 0.4) is 0 Å². The van der Waals surface area contributed by atoms with Crippen LogP contribution in [0.4, 0.5) is 0 Å². The Morgan fingerprint density at radius 1 is 1.36 bits per heavy atom. The molecule has 1 aliphatic carbocycles. The van der Waals surface area contributed by atoms with Crippen LogP contribution in [0.1, 0.15) is 37.0 Å². The number of hydrogen-bond donors (Lipinski definition) is 1. The molecule has 0 aromatic carbocycles. The molecule has 0 radical (unpaired) electrons. The second kappa shape index (κ2) is 5.47. The molecule has 1 fully saturated rings. The Morgan fingerprint density at radius 3 is 2.93 bits per heavy atom. The second-order valence-corrected chi connectivity index (χ2v) is 5.07. The fraction of sp³-hybridized carbons (Fsp3) is 0.727. The third-order valence-electron chi connectivity index (χ3n) is 2.94. The molecule has 1 aliphatic rings. The van der Waals surface area contributed by atoms with Crippen LogP contribution < -0.4 is 5.32 Å². The van der Waals surface area contributed by atoms with Gasteiger partial charge in [0.05, 0.1) is 5.51 Å². The minimum absolute atomic E-state index is 0.927. The smallest absolute Gasteiger partial charge is 0.0794 e. The number of thiazole rings is 1. The Hall–Kier alpha value is -0.410. The molecule has 1 heterocycles. The van der Waals surface area contributed by atoms with Gasteiger partial charge in [-0.2, -0.15) is 0 Å². The van der Waals surface area contributed by atoms with Gasteiger partial charge in [0.15, 0.2) is 0 Å². The van der Waals surface area contributed by atoms with E-state index in [2.05, 4.69) is 10.3 Å². The summed E-state index contributed by atoms with van der Waals surface area (Å²) in [6.45, 7) is 2.19.